The molecule has 5 rings (SSSR count). The lowest BCUT2D eigenvalue weighted by Gasteiger charge is -2.31. The zero-order chi connectivity index (χ0) is 33.8. The zero-order valence-electron chi connectivity index (χ0n) is 26.2. The van der Waals surface area contributed by atoms with E-state index in [1.165, 1.54) is 41.3 Å². The number of halogens is 1. The van der Waals surface area contributed by atoms with Crippen molar-refractivity contribution in [2.45, 2.75) is 30.3 Å². The van der Waals surface area contributed by atoms with Gasteiger partial charge in [0.25, 0.3) is 15.9 Å². The first-order chi connectivity index (χ1) is 23.3. The summed E-state index contributed by atoms with van der Waals surface area (Å²) in [7, 11) is -3.95. The van der Waals surface area contributed by atoms with E-state index in [-0.39, 0.29) is 35.4 Å². The van der Waals surface area contributed by atoms with Crippen LogP contribution in [0.25, 0.3) is 0 Å². The molecule has 2 N–H and O–H groups in total. The van der Waals surface area contributed by atoms with Gasteiger partial charge in [0.1, 0.15) is 17.6 Å². The van der Waals surface area contributed by atoms with E-state index in [4.69, 9.17) is 4.74 Å². The van der Waals surface area contributed by atoms with E-state index in [0.717, 1.165) is 28.8 Å². The Bertz CT molecular complexity index is 1870. The third kappa shape index (κ3) is 9.76. The lowest BCUT2D eigenvalue weighted by atomic mass is 10.0. The quantitative estimate of drug-likeness (QED) is 0.143. The molecule has 246 valence electrons. The van der Waals surface area contributed by atoms with Crippen molar-refractivity contribution in [2.24, 2.45) is 0 Å². The van der Waals surface area contributed by atoms with Gasteiger partial charge in [-0.2, -0.15) is 0 Å². The number of nitrogens with one attached hydrogen (secondary N) is 2. The molecule has 0 aliphatic carbocycles. The number of hydrogen-bond donors (Lipinski definition) is 2. The number of hydrogen-bond acceptors (Lipinski definition) is 5. The summed E-state index contributed by atoms with van der Waals surface area (Å²) in [4.78, 5) is 29.2. The van der Waals surface area contributed by atoms with Crippen molar-refractivity contribution in [3.63, 3.8) is 0 Å². The number of rotatable bonds is 15. The van der Waals surface area contributed by atoms with E-state index in [1.54, 1.807) is 0 Å². The van der Waals surface area contributed by atoms with Crippen molar-refractivity contribution >= 4 is 27.5 Å². The largest absolute Gasteiger partial charge is 0.484 e. The molecule has 0 heterocycles. The maximum Gasteiger partial charge on any atom is 0.261 e. The zero-order valence-corrected chi connectivity index (χ0v) is 27.0. The molecule has 0 saturated carbocycles. The number of sulfonamides is 1. The first-order valence-corrected chi connectivity index (χ1v) is 17.0. The second-order valence-electron chi connectivity index (χ2n) is 11.1. The van der Waals surface area contributed by atoms with Gasteiger partial charge in [-0.1, -0.05) is 91.0 Å². The van der Waals surface area contributed by atoms with Crippen LogP contribution in [-0.4, -0.2) is 44.3 Å². The van der Waals surface area contributed by atoms with Crippen LogP contribution in [0.3, 0.4) is 0 Å². The lowest BCUT2D eigenvalue weighted by Crippen LogP contribution is -2.52. The standard InChI is InChI=1S/C38H36FN3O5S/c39-32-16-18-33(19-17-32)41-48(45,46)35-22-20-34(21-23-35)47-28-37(43)42(27-31-14-8-3-9-15-31)36(26-30-12-6-2-7-13-30)38(44)40-25-24-29-10-4-1-5-11-29/h1-23,36,41H,24-28H2,(H,40,44)/t36-/m1/s1. The van der Waals surface area contributed by atoms with Gasteiger partial charge in [0.05, 0.1) is 4.90 Å². The van der Waals surface area contributed by atoms with Crippen molar-refractivity contribution in [3.8, 4) is 5.75 Å². The molecule has 5 aromatic rings. The third-order valence-electron chi connectivity index (χ3n) is 7.62. The molecule has 1 atom stereocenters. The van der Waals surface area contributed by atoms with Crippen LogP contribution < -0.4 is 14.8 Å². The highest BCUT2D eigenvalue weighted by Crippen LogP contribution is 2.21. The van der Waals surface area contributed by atoms with Gasteiger partial charge >= 0.3 is 0 Å². The normalized spacial score (nSPS) is 11.7. The molecule has 2 amide bonds. The summed E-state index contributed by atoms with van der Waals surface area (Å²) in [5.74, 6) is -0.892. The van der Waals surface area contributed by atoms with Gasteiger partial charge < -0.3 is 15.0 Å². The topological polar surface area (TPSA) is 105 Å². The smallest absolute Gasteiger partial charge is 0.261 e. The highest BCUT2D eigenvalue weighted by molar-refractivity contribution is 7.92. The van der Waals surface area contributed by atoms with Crippen LogP contribution in [0.4, 0.5) is 10.1 Å². The van der Waals surface area contributed by atoms with Crippen LogP contribution in [0.15, 0.2) is 144 Å². The minimum absolute atomic E-state index is 0.0358. The molecule has 0 radical (unpaired) electrons. The molecule has 0 unspecified atom stereocenters. The summed E-state index contributed by atoms with van der Waals surface area (Å²) in [6, 6.07) is 38.5. The molecular weight excluding hydrogens is 629 g/mol. The first kappa shape index (κ1) is 33.9. The van der Waals surface area contributed by atoms with Crippen LogP contribution >= 0.6 is 0 Å². The van der Waals surface area contributed by atoms with Gasteiger partial charge in [0, 0.05) is 25.2 Å². The van der Waals surface area contributed by atoms with E-state index >= 15 is 0 Å². The van der Waals surface area contributed by atoms with E-state index < -0.39 is 27.8 Å². The minimum Gasteiger partial charge on any atom is -0.484 e. The fourth-order valence-electron chi connectivity index (χ4n) is 5.10. The van der Waals surface area contributed by atoms with Gasteiger partial charge in [0.2, 0.25) is 5.91 Å². The van der Waals surface area contributed by atoms with Crippen LogP contribution in [-0.2, 0) is 39.0 Å². The Morgan fingerprint density at radius 3 is 1.88 bits per heavy atom. The highest BCUT2D eigenvalue weighted by Gasteiger charge is 2.30. The maximum atomic E-state index is 13.9. The number of carbonyl (C=O) groups excluding carboxylic acids is 2. The molecule has 0 aliphatic rings. The average molecular weight is 666 g/mol. The molecule has 0 spiro atoms. The molecule has 5 aromatic carbocycles. The molecule has 0 aliphatic heterocycles. The van der Waals surface area contributed by atoms with Crippen LogP contribution in [0.5, 0.6) is 5.75 Å². The Morgan fingerprint density at radius 1 is 0.708 bits per heavy atom. The fraction of sp³-hybridized carbons (Fsp3) is 0.158. The van der Waals surface area contributed by atoms with Crippen LogP contribution in [0.2, 0.25) is 0 Å². The molecule has 10 heteroatoms. The SMILES string of the molecule is O=C(NCCc1ccccc1)[C@@H](Cc1ccccc1)N(Cc1ccccc1)C(=O)COc1ccc(S(=O)(=O)Nc2ccc(F)cc2)cc1. The van der Waals surface area contributed by atoms with Gasteiger partial charge in [-0.25, -0.2) is 12.8 Å². The summed E-state index contributed by atoms with van der Waals surface area (Å²) < 4.78 is 47.1. The third-order valence-corrected chi connectivity index (χ3v) is 9.01. The monoisotopic (exact) mass is 665 g/mol. The van der Waals surface area contributed by atoms with Crippen molar-refractivity contribution in [3.05, 3.63) is 162 Å². The summed E-state index contributed by atoms with van der Waals surface area (Å²) in [5.41, 5.74) is 3.06. The Kier molecular flexibility index (Phi) is 11.6. The summed E-state index contributed by atoms with van der Waals surface area (Å²) in [6.07, 6.45) is 0.940. The number of nitrogens with zero attached hydrogens (tertiary/aromatic N) is 1. The minimum atomic E-state index is -3.95. The van der Waals surface area contributed by atoms with Crippen LogP contribution in [0.1, 0.15) is 16.7 Å². The van der Waals surface area contributed by atoms with Crippen molar-refractivity contribution in [1.29, 1.82) is 0 Å². The summed E-state index contributed by atoms with van der Waals surface area (Å²) in [6.45, 7) is 0.206. The van der Waals surface area contributed by atoms with Crippen molar-refractivity contribution < 1.29 is 27.1 Å². The van der Waals surface area contributed by atoms with E-state index in [2.05, 4.69) is 10.0 Å². The molecule has 0 fully saturated rings. The van der Waals surface area contributed by atoms with Gasteiger partial charge in [-0.3, -0.25) is 14.3 Å². The van der Waals surface area contributed by atoms with Gasteiger partial charge in [-0.05, 0) is 71.6 Å². The Morgan fingerprint density at radius 2 is 1.27 bits per heavy atom. The molecule has 0 aromatic heterocycles. The lowest BCUT2D eigenvalue weighted by molar-refractivity contribution is -0.142. The Balaban J connectivity index is 1.31. The molecule has 0 saturated heterocycles. The summed E-state index contributed by atoms with van der Waals surface area (Å²) >= 11 is 0. The molecular formula is C38H36FN3O5S. The predicted octanol–water partition coefficient (Wildman–Crippen LogP) is 6.00. The van der Waals surface area contributed by atoms with Gasteiger partial charge in [0.15, 0.2) is 6.61 Å². The first-order valence-electron chi connectivity index (χ1n) is 15.5. The fourth-order valence-corrected chi connectivity index (χ4v) is 6.16. The second-order valence-corrected chi connectivity index (χ2v) is 12.8. The predicted molar refractivity (Wildman–Crippen MR) is 183 cm³/mol. The summed E-state index contributed by atoms with van der Waals surface area (Å²) in [5, 5.41) is 3.03. The number of anilines is 1. The Labute approximate surface area is 280 Å². The number of amides is 2. The van der Waals surface area contributed by atoms with Gasteiger partial charge in [-0.15, -0.1) is 0 Å². The Hall–Kier alpha value is -5.48. The van der Waals surface area contributed by atoms with Crippen molar-refractivity contribution in [2.75, 3.05) is 17.9 Å². The number of benzene rings is 5. The van der Waals surface area contributed by atoms with E-state index in [9.17, 15) is 22.4 Å². The highest BCUT2D eigenvalue weighted by atomic mass is 32.2. The number of carbonyl (C=O) groups is 2. The van der Waals surface area contributed by atoms with Crippen LogP contribution in [0, 0.1) is 5.82 Å². The molecule has 48 heavy (non-hydrogen) atoms. The molecule has 0 bridgehead atoms. The maximum absolute atomic E-state index is 13.9. The average Bonchev–Trinajstić information content (AvgIpc) is 3.11. The molecule has 8 nitrogen and oxygen atoms in total. The van der Waals surface area contributed by atoms with E-state index in [1.807, 2.05) is 91.0 Å². The second kappa shape index (κ2) is 16.4. The number of ether oxygens (including phenoxy) is 1. The van der Waals surface area contributed by atoms with Crippen molar-refractivity contribution in [1.82, 2.24) is 10.2 Å². The van der Waals surface area contributed by atoms with E-state index in [0.29, 0.717) is 19.4 Å².